The molecule has 0 aliphatic heterocycles. The van der Waals surface area contributed by atoms with Gasteiger partial charge in [0.1, 0.15) is 11.5 Å². The summed E-state index contributed by atoms with van der Waals surface area (Å²) in [5.74, 6) is 2.64. The molecule has 3 amide bonds. The number of carbonyl (C=O) groups is 6. The quantitative estimate of drug-likeness (QED) is 0.0469. The Morgan fingerprint density at radius 2 is 0.746 bits per heavy atom. The van der Waals surface area contributed by atoms with E-state index in [1.165, 1.54) is 44.2 Å². The SMILES string of the molecule is CC.CC.CC.CC.CC.CC.CC.CC1c2cccc3cccc(c23)C1C.CCC(C)(C)C(=O)Nc1ccccc1.CCC(C)(C)C(=O)Oc1ccc2ccccc2c1.CCC(C)(C)C(=O)Oc1ccccc1.CCC(C)C(=O)NCc1cc(C)cc(C)c1.CCC(C)C(=O)Nc1ccccc1.CCC(C)C(=O)OCCc1ccccc1. The first kappa shape index (κ1) is 115. The van der Waals surface area contributed by atoms with Crippen LogP contribution in [0, 0.1) is 47.8 Å². The Morgan fingerprint density at radius 1 is 0.373 bits per heavy atom. The summed E-state index contributed by atoms with van der Waals surface area (Å²) in [4.78, 5) is 69.8. The maximum absolute atomic E-state index is 12.0. The zero-order chi connectivity index (χ0) is 91.0. The van der Waals surface area contributed by atoms with Crippen LogP contribution in [0.25, 0.3) is 21.5 Å². The molecule has 0 radical (unpaired) electrons. The zero-order valence-electron chi connectivity index (χ0n) is 79.7. The molecule has 12 nitrogen and oxygen atoms in total. The summed E-state index contributed by atoms with van der Waals surface area (Å²) in [7, 11) is 0. The van der Waals surface area contributed by atoms with Crippen LogP contribution in [0.1, 0.15) is 298 Å². The van der Waals surface area contributed by atoms with Crippen molar-refractivity contribution in [3.63, 3.8) is 0 Å². The molecule has 0 saturated heterocycles. The summed E-state index contributed by atoms with van der Waals surface area (Å²) in [5, 5.41) is 13.8. The number of ether oxygens (including phenoxy) is 3. The van der Waals surface area contributed by atoms with Crippen molar-refractivity contribution in [2.45, 2.75) is 292 Å². The van der Waals surface area contributed by atoms with Gasteiger partial charge < -0.3 is 30.2 Å². The van der Waals surface area contributed by atoms with Gasteiger partial charge in [-0.2, -0.15) is 0 Å². The van der Waals surface area contributed by atoms with Crippen molar-refractivity contribution in [2.75, 3.05) is 17.2 Å². The van der Waals surface area contributed by atoms with Gasteiger partial charge in [-0.1, -0.05) is 368 Å². The fourth-order valence-corrected chi connectivity index (χ4v) is 10.1. The number of para-hydroxylation sites is 3. The molecule has 0 spiro atoms. The highest BCUT2D eigenvalue weighted by Crippen LogP contribution is 2.46. The van der Waals surface area contributed by atoms with Gasteiger partial charge in [-0.3, -0.25) is 28.8 Å². The summed E-state index contributed by atoms with van der Waals surface area (Å²) in [5.41, 5.74) is 8.52. The molecule has 1 aliphatic carbocycles. The molecule has 0 fully saturated rings. The van der Waals surface area contributed by atoms with E-state index in [2.05, 4.69) is 98.2 Å². The number of fused-ring (bicyclic) bond motifs is 1. The first-order valence-electron chi connectivity index (χ1n) is 44.2. The Labute approximate surface area is 719 Å². The third kappa shape index (κ3) is 44.8. The summed E-state index contributed by atoms with van der Waals surface area (Å²) < 4.78 is 15.8. The predicted molar refractivity (Wildman–Crippen MR) is 511 cm³/mol. The molecule has 5 unspecified atom stereocenters. The minimum atomic E-state index is -0.439. The lowest BCUT2D eigenvalue weighted by molar-refractivity contribution is -0.148. The van der Waals surface area contributed by atoms with E-state index in [4.69, 9.17) is 14.2 Å². The number of benzene rings is 9. The van der Waals surface area contributed by atoms with Crippen LogP contribution in [0.3, 0.4) is 0 Å². The number of aryl methyl sites for hydroxylation is 2. The van der Waals surface area contributed by atoms with Crippen LogP contribution in [0.4, 0.5) is 11.4 Å². The molecule has 118 heavy (non-hydrogen) atoms. The predicted octanol–water partition coefficient (Wildman–Crippen LogP) is 30.0. The third-order valence-corrected chi connectivity index (χ3v) is 19.4. The highest BCUT2D eigenvalue weighted by molar-refractivity contribution is 5.95. The Morgan fingerprint density at radius 3 is 1.17 bits per heavy atom. The summed E-state index contributed by atoms with van der Waals surface area (Å²) in [6.07, 6.45) is 5.77. The maximum atomic E-state index is 12.0. The van der Waals surface area contributed by atoms with E-state index in [1.54, 1.807) is 12.1 Å². The lowest BCUT2D eigenvalue weighted by atomic mass is 9.89. The largest absolute Gasteiger partial charge is 0.465 e. The molecule has 654 valence electrons. The molecule has 0 heterocycles. The van der Waals surface area contributed by atoms with Crippen LogP contribution in [0.2, 0.25) is 0 Å². The van der Waals surface area contributed by atoms with Crippen LogP contribution in [-0.2, 0) is 46.5 Å². The normalized spacial score (nSPS) is 12.2. The number of amides is 3. The van der Waals surface area contributed by atoms with Crippen LogP contribution < -0.4 is 25.4 Å². The van der Waals surface area contributed by atoms with Crippen molar-refractivity contribution >= 4 is 68.5 Å². The molecule has 9 aromatic rings. The van der Waals surface area contributed by atoms with Gasteiger partial charge in [0.25, 0.3) is 0 Å². The van der Waals surface area contributed by atoms with Gasteiger partial charge >= 0.3 is 17.9 Å². The number of rotatable bonds is 21. The number of nitrogens with one attached hydrogen (secondary N) is 3. The van der Waals surface area contributed by atoms with Crippen LogP contribution >= 0.6 is 0 Å². The Kier molecular flexibility index (Phi) is 65.3. The van der Waals surface area contributed by atoms with Crippen molar-refractivity contribution in [1.82, 2.24) is 5.32 Å². The number of anilines is 2. The van der Waals surface area contributed by atoms with Crippen molar-refractivity contribution in [2.24, 2.45) is 34.0 Å². The summed E-state index contributed by atoms with van der Waals surface area (Å²) in [6, 6.07) is 71.7. The van der Waals surface area contributed by atoms with Crippen LogP contribution in [0.15, 0.2) is 218 Å². The molecule has 0 saturated carbocycles. The molecule has 0 aromatic heterocycles. The van der Waals surface area contributed by atoms with E-state index in [9.17, 15) is 28.8 Å². The smallest absolute Gasteiger partial charge is 0.316 e. The molecule has 3 N–H and O–H groups in total. The third-order valence-electron chi connectivity index (χ3n) is 19.4. The van der Waals surface area contributed by atoms with E-state index >= 15 is 0 Å². The van der Waals surface area contributed by atoms with E-state index in [-0.39, 0.29) is 58.8 Å². The topological polar surface area (TPSA) is 166 Å². The van der Waals surface area contributed by atoms with Gasteiger partial charge in [-0.15, -0.1) is 0 Å². The Bertz CT molecular complexity index is 3950. The minimum absolute atomic E-state index is 0.0146. The number of carbonyl (C=O) groups excluding carboxylic acids is 6. The second-order valence-corrected chi connectivity index (χ2v) is 28.9. The van der Waals surface area contributed by atoms with Crippen molar-refractivity contribution in [1.29, 1.82) is 0 Å². The number of esters is 3. The molecule has 12 heteroatoms. The van der Waals surface area contributed by atoms with Crippen molar-refractivity contribution < 1.29 is 43.0 Å². The highest BCUT2D eigenvalue weighted by atomic mass is 16.5. The van der Waals surface area contributed by atoms with Crippen molar-refractivity contribution in [3.8, 4) is 11.5 Å². The maximum Gasteiger partial charge on any atom is 0.316 e. The van der Waals surface area contributed by atoms with E-state index in [0.717, 1.165) is 67.1 Å². The van der Waals surface area contributed by atoms with Gasteiger partial charge in [0, 0.05) is 41.6 Å². The number of hydrogen-bond acceptors (Lipinski definition) is 9. The molecule has 5 atom stereocenters. The van der Waals surface area contributed by atoms with Gasteiger partial charge in [-0.05, 0) is 184 Å². The van der Waals surface area contributed by atoms with Gasteiger partial charge in [0.2, 0.25) is 17.7 Å². The molecule has 0 bridgehead atoms. The molecular weight excluding hydrogens is 1460 g/mol. The lowest BCUT2D eigenvalue weighted by Gasteiger charge is -2.21. The second-order valence-electron chi connectivity index (χ2n) is 28.9. The van der Waals surface area contributed by atoms with Crippen LogP contribution in [0.5, 0.6) is 11.5 Å². The van der Waals surface area contributed by atoms with Crippen molar-refractivity contribution in [3.05, 3.63) is 252 Å². The average Bonchev–Trinajstić information content (AvgIpc) is 1.61. The fraction of sp³-hybridized carbons (Fsp3) is 0.472. The van der Waals surface area contributed by atoms with E-state index in [0.29, 0.717) is 36.5 Å². The van der Waals surface area contributed by atoms with Gasteiger partial charge in [-0.25, -0.2) is 0 Å². The molecular formula is C106H161N3O9. The molecule has 1 aliphatic rings. The average molecular weight is 1620 g/mol. The number of hydrogen-bond donors (Lipinski definition) is 3. The Balaban J connectivity index is -0.000000627. The zero-order valence-corrected chi connectivity index (χ0v) is 79.7. The summed E-state index contributed by atoms with van der Waals surface area (Å²) >= 11 is 0. The van der Waals surface area contributed by atoms with Crippen LogP contribution in [-0.4, -0.2) is 42.2 Å². The van der Waals surface area contributed by atoms with E-state index < -0.39 is 10.8 Å². The standard InChI is InChI=1S/C16H18O2.C14H21NO.C14H14.C13H18O2.C12H17NO.C12H16O2.C11H15NO.7C2H6/c1-4-16(2,3)15(17)18-14-10-9-12-7-5-6-8-13(12)11-14;1-5-12(4)14(16)15-9-13-7-10(2)6-11(3)8-13;1-9-10(2)13-8-4-6-11-5-3-7-12(9)14(11)13;1-3-11(2)13(14)15-10-9-12-7-5-4-6-8-12;1-4-12(2,3)11(14)13-10-8-6-5-7-9-10;1-4-12(2,3)11(13)14-10-8-6-5-7-9-10;1-3-9(2)11(13)12-10-7-5-4-6-8-10;7*1-2/h5-11H,4H2,1-3H3;6-8,12H,5,9H2,1-4H3,(H,15,16);3-10H,1-2H3;4-8,11H,3,9-10H2,1-2H3;5-9H,4H2,1-3H3,(H,13,14);5-9H,4H2,1-3H3;4-9H,3H2,1-2H3,(H,12,13);7*1-2H3. The summed E-state index contributed by atoms with van der Waals surface area (Å²) in [6.45, 7) is 67.2. The first-order valence-corrected chi connectivity index (χ1v) is 44.2. The second kappa shape index (κ2) is 67.2. The first-order chi connectivity index (χ1) is 56.4. The molecule has 10 rings (SSSR count). The van der Waals surface area contributed by atoms with Gasteiger partial charge in [0.05, 0.1) is 23.4 Å². The Hall–Kier alpha value is -9.68. The molecule has 9 aromatic carbocycles. The van der Waals surface area contributed by atoms with Gasteiger partial charge in [0.15, 0.2) is 0 Å². The highest BCUT2D eigenvalue weighted by Gasteiger charge is 2.30. The lowest BCUT2D eigenvalue weighted by Crippen LogP contribution is -2.29. The monoisotopic (exact) mass is 1620 g/mol. The fourth-order valence-electron chi connectivity index (χ4n) is 10.1. The minimum Gasteiger partial charge on any atom is -0.465 e. The van der Waals surface area contributed by atoms with E-state index in [1.807, 2.05) is 352 Å².